The Morgan fingerprint density at radius 3 is 2.26 bits per heavy atom. The van der Waals surface area contributed by atoms with Crippen molar-refractivity contribution in [1.29, 1.82) is 0 Å². The number of hydrogen-bond acceptors (Lipinski definition) is 6. The number of ether oxygens (including phenoxy) is 3. The quantitative estimate of drug-likeness (QED) is 0.557. The van der Waals surface area contributed by atoms with Crippen LogP contribution in [0.25, 0.3) is 0 Å². The molecule has 0 spiro atoms. The molecule has 0 saturated carbocycles. The van der Waals surface area contributed by atoms with Crippen LogP contribution in [0.3, 0.4) is 0 Å². The second-order valence-electron chi connectivity index (χ2n) is 7.72. The van der Waals surface area contributed by atoms with E-state index in [9.17, 15) is 8.42 Å². The second kappa shape index (κ2) is 10.9. The molecule has 1 atom stereocenters. The molecule has 0 aromatic heterocycles. The number of benzene rings is 2. The number of rotatable bonds is 10. The van der Waals surface area contributed by atoms with Crippen LogP contribution < -0.4 is 9.47 Å². The van der Waals surface area contributed by atoms with Crippen molar-refractivity contribution in [3.05, 3.63) is 54.1 Å². The summed E-state index contributed by atoms with van der Waals surface area (Å²) in [5, 5.41) is 0. The molecule has 8 heteroatoms. The van der Waals surface area contributed by atoms with Crippen molar-refractivity contribution in [2.45, 2.75) is 24.3 Å². The summed E-state index contributed by atoms with van der Waals surface area (Å²) < 4.78 is 43.1. The first-order valence-corrected chi connectivity index (χ1v) is 12.0. The monoisotopic (exact) mass is 448 g/mol. The van der Waals surface area contributed by atoms with Crippen LogP contribution in [0.1, 0.15) is 12.5 Å². The lowest BCUT2D eigenvalue weighted by Crippen LogP contribution is -2.40. The Labute approximate surface area is 185 Å². The van der Waals surface area contributed by atoms with E-state index in [4.69, 9.17) is 14.2 Å². The Bertz CT molecular complexity index is 910. The molecule has 0 bridgehead atoms. The van der Waals surface area contributed by atoms with E-state index in [0.717, 1.165) is 18.7 Å². The molecule has 0 aliphatic carbocycles. The third kappa shape index (κ3) is 6.43. The van der Waals surface area contributed by atoms with Crippen LogP contribution in [-0.2, 0) is 21.2 Å². The highest BCUT2D eigenvalue weighted by atomic mass is 32.2. The van der Waals surface area contributed by atoms with Crippen molar-refractivity contribution in [2.24, 2.45) is 0 Å². The number of morpholine rings is 1. The summed E-state index contributed by atoms with van der Waals surface area (Å²) >= 11 is 0. The van der Waals surface area contributed by atoms with Gasteiger partial charge in [0.2, 0.25) is 10.0 Å². The number of hydrogen-bond donors (Lipinski definition) is 0. The van der Waals surface area contributed by atoms with Gasteiger partial charge in [0.25, 0.3) is 0 Å². The maximum Gasteiger partial charge on any atom is 0.243 e. The van der Waals surface area contributed by atoms with Gasteiger partial charge in [0, 0.05) is 25.7 Å². The number of methoxy groups -OCH3 is 1. The average molecular weight is 449 g/mol. The lowest BCUT2D eigenvalue weighted by molar-refractivity contribution is 0.0730. The van der Waals surface area contributed by atoms with Crippen LogP contribution in [-0.4, -0.2) is 77.3 Å². The normalized spacial score (nSPS) is 16.3. The van der Waals surface area contributed by atoms with Gasteiger partial charge in [-0.1, -0.05) is 12.1 Å². The standard InChI is InChI=1S/C23H32N2O5S/c1-19(18-20-4-6-21(28-3)7-5-20)24(2)12-17-30-22-8-10-23(11-9-22)31(26,27)25-13-15-29-16-14-25/h4-11,19H,12-18H2,1-3H3. The van der Waals surface area contributed by atoms with E-state index in [2.05, 4.69) is 31.0 Å². The molecular weight excluding hydrogens is 416 g/mol. The maximum absolute atomic E-state index is 12.7. The second-order valence-corrected chi connectivity index (χ2v) is 9.66. The predicted molar refractivity (Wildman–Crippen MR) is 120 cm³/mol. The third-order valence-corrected chi connectivity index (χ3v) is 7.50. The van der Waals surface area contributed by atoms with Crippen LogP contribution in [0.2, 0.25) is 0 Å². The van der Waals surface area contributed by atoms with E-state index in [1.807, 2.05) is 12.1 Å². The van der Waals surface area contributed by atoms with E-state index in [0.29, 0.717) is 44.7 Å². The fraction of sp³-hybridized carbons (Fsp3) is 0.478. The molecule has 1 unspecified atom stereocenters. The molecule has 1 fully saturated rings. The van der Waals surface area contributed by atoms with Gasteiger partial charge >= 0.3 is 0 Å². The van der Waals surface area contributed by atoms with Crippen LogP contribution in [0.15, 0.2) is 53.4 Å². The van der Waals surface area contributed by atoms with E-state index in [1.54, 1.807) is 31.4 Å². The van der Waals surface area contributed by atoms with Crippen LogP contribution in [0.5, 0.6) is 11.5 Å². The fourth-order valence-electron chi connectivity index (χ4n) is 3.43. The van der Waals surface area contributed by atoms with Gasteiger partial charge in [-0.2, -0.15) is 4.31 Å². The molecule has 1 aliphatic heterocycles. The molecule has 7 nitrogen and oxygen atoms in total. The highest BCUT2D eigenvalue weighted by Crippen LogP contribution is 2.20. The van der Waals surface area contributed by atoms with E-state index >= 15 is 0 Å². The molecule has 2 aromatic carbocycles. The minimum absolute atomic E-state index is 0.284. The van der Waals surface area contributed by atoms with Gasteiger partial charge in [0.15, 0.2) is 0 Å². The molecule has 0 amide bonds. The third-order valence-electron chi connectivity index (χ3n) is 5.59. The molecule has 0 radical (unpaired) electrons. The highest BCUT2D eigenvalue weighted by Gasteiger charge is 2.26. The summed E-state index contributed by atoms with van der Waals surface area (Å²) in [4.78, 5) is 2.54. The molecule has 2 aromatic rings. The topological polar surface area (TPSA) is 68.3 Å². The number of likely N-dealkylation sites (N-methyl/N-ethyl adjacent to an activating group) is 1. The molecule has 1 heterocycles. The van der Waals surface area contributed by atoms with Gasteiger partial charge < -0.3 is 14.2 Å². The first-order valence-electron chi connectivity index (χ1n) is 10.5. The van der Waals surface area contributed by atoms with Crippen LogP contribution >= 0.6 is 0 Å². The van der Waals surface area contributed by atoms with Crippen LogP contribution in [0, 0.1) is 0 Å². The maximum atomic E-state index is 12.7. The van der Waals surface area contributed by atoms with E-state index in [1.165, 1.54) is 9.87 Å². The highest BCUT2D eigenvalue weighted by molar-refractivity contribution is 7.89. The minimum Gasteiger partial charge on any atom is -0.497 e. The van der Waals surface area contributed by atoms with Gasteiger partial charge in [-0.25, -0.2) is 8.42 Å². The molecule has 31 heavy (non-hydrogen) atoms. The molecule has 1 aliphatic rings. The molecule has 3 rings (SSSR count). The average Bonchev–Trinajstić information content (AvgIpc) is 2.80. The minimum atomic E-state index is -3.48. The summed E-state index contributed by atoms with van der Waals surface area (Å²) in [6, 6.07) is 15.1. The van der Waals surface area contributed by atoms with Crippen molar-refractivity contribution in [3.8, 4) is 11.5 Å². The number of sulfonamides is 1. The molecule has 170 valence electrons. The predicted octanol–water partition coefficient (Wildman–Crippen LogP) is 2.66. The van der Waals surface area contributed by atoms with Gasteiger partial charge in [-0.15, -0.1) is 0 Å². The smallest absolute Gasteiger partial charge is 0.243 e. The Hall–Kier alpha value is -2.13. The van der Waals surface area contributed by atoms with Crippen molar-refractivity contribution in [1.82, 2.24) is 9.21 Å². The Morgan fingerprint density at radius 1 is 1.03 bits per heavy atom. The van der Waals surface area contributed by atoms with Crippen molar-refractivity contribution in [2.75, 3.05) is 53.6 Å². The van der Waals surface area contributed by atoms with Gasteiger partial charge in [-0.05, 0) is 62.4 Å². The summed E-state index contributed by atoms with van der Waals surface area (Å²) in [7, 11) is 0.271. The zero-order valence-corrected chi connectivity index (χ0v) is 19.3. The van der Waals surface area contributed by atoms with Gasteiger partial charge in [-0.3, -0.25) is 4.90 Å². The van der Waals surface area contributed by atoms with Crippen molar-refractivity contribution in [3.63, 3.8) is 0 Å². The number of nitrogens with zero attached hydrogens (tertiary/aromatic N) is 2. The van der Waals surface area contributed by atoms with Crippen molar-refractivity contribution < 1.29 is 22.6 Å². The summed E-state index contributed by atoms with van der Waals surface area (Å²) in [6.07, 6.45) is 0.939. The zero-order valence-electron chi connectivity index (χ0n) is 18.5. The Morgan fingerprint density at radius 2 is 1.65 bits per heavy atom. The van der Waals surface area contributed by atoms with E-state index < -0.39 is 10.0 Å². The largest absolute Gasteiger partial charge is 0.497 e. The Balaban J connectivity index is 1.46. The SMILES string of the molecule is COc1ccc(CC(C)N(C)CCOc2ccc(S(=O)(=O)N3CCOCC3)cc2)cc1. The summed E-state index contributed by atoms with van der Waals surface area (Å²) in [5.41, 5.74) is 1.26. The van der Waals surface area contributed by atoms with Crippen LogP contribution in [0.4, 0.5) is 0 Å². The molecular formula is C23H32N2O5S. The zero-order chi connectivity index (χ0) is 22.3. The summed E-state index contributed by atoms with van der Waals surface area (Å²) in [6.45, 7) is 5.14. The lowest BCUT2D eigenvalue weighted by Gasteiger charge is -2.26. The fourth-order valence-corrected chi connectivity index (χ4v) is 4.84. The Kier molecular flexibility index (Phi) is 8.31. The van der Waals surface area contributed by atoms with Crippen molar-refractivity contribution >= 4 is 10.0 Å². The first kappa shape index (κ1) is 23.5. The van der Waals surface area contributed by atoms with Gasteiger partial charge in [0.05, 0.1) is 25.2 Å². The van der Waals surface area contributed by atoms with Gasteiger partial charge in [0.1, 0.15) is 18.1 Å². The molecule has 1 saturated heterocycles. The first-order chi connectivity index (χ1) is 14.9. The summed E-state index contributed by atoms with van der Waals surface area (Å²) in [5.74, 6) is 1.53. The molecule has 0 N–H and O–H groups in total. The lowest BCUT2D eigenvalue weighted by atomic mass is 10.1. The van der Waals surface area contributed by atoms with E-state index in [-0.39, 0.29) is 4.90 Å².